The molecule has 0 spiro atoms. The Morgan fingerprint density at radius 2 is 1.41 bits per heavy atom. The number of hydrogen-bond donors (Lipinski definition) is 0. The van der Waals surface area contributed by atoms with E-state index in [4.69, 9.17) is 4.74 Å². The summed E-state index contributed by atoms with van der Waals surface area (Å²) in [5.74, 6) is 1.90. The zero-order chi connectivity index (χ0) is 14.5. The molecule has 0 atom stereocenters. The van der Waals surface area contributed by atoms with Crippen molar-refractivity contribution >= 4 is 33.3 Å². The number of ether oxygens (including phenoxy) is 1. The third-order valence-corrected chi connectivity index (χ3v) is 5.27. The highest BCUT2D eigenvalue weighted by Gasteiger charge is 2.20. The second kappa shape index (κ2) is 4.52. The minimum absolute atomic E-state index is 0.944. The summed E-state index contributed by atoms with van der Waals surface area (Å²) in [4.78, 5) is 2.39. The summed E-state index contributed by atoms with van der Waals surface area (Å²) in [6.07, 6.45) is 0. The van der Waals surface area contributed by atoms with Gasteiger partial charge in [-0.15, -0.1) is 0 Å². The van der Waals surface area contributed by atoms with Crippen molar-refractivity contribution in [1.29, 1.82) is 0 Å². The van der Waals surface area contributed by atoms with E-state index < -0.39 is 0 Å². The number of fused-ring (bicyclic) bond motifs is 6. The van der Waals surface area contributed by atoms with Gasteiger partial charge in [0.15, 0.2) is 0 Å². The van der Waals surface area contributed by atoms with Gasteiger partial charge in [0, 0.05) is 5.39 Å². The van der Waals surface area contributed by atoms with Crippen LogP contribution in [0.15, 0.2) is 82.6 Å². The summed E-state index contributed by atoms with van der Waals surface area (Å²) in [6, 6.07) is 25.4. The van der Waals surface area contributed by atoms with Crippen molar-refractivity contribution in [1.82, 2.24) is 0 Å². The van der Waals surface area contributed by atoms with Gasteiger partial charge in [-0.3, -0.25) is 0 Å². The highest BCUT2D eigenvalue weighted by atomic mass is 32.2. The first-order chi connectivity index (χ1) is 10.9. The monoisotopic (exact) mass is 300 g/mol. The van der Waals surface area contributed by atoms with E-state index in [0.717, 1.165) is 11.5 Å². The number of para-hydroxylation sites is 1. The molecule has 0 radical (unpaired) electrons. The number of benzene rings is 4. The predicted octanol–water partition coefficient (Wildman–Crippen LogP) is 6.25. The molecule has 1 aliphatic heterocycles. The third kappa shape index (κ3) is 1.68. The molecule has 2 heteroatoms. The lowest BCUT2D eigenvalue weighted by Gasteiger charge is -2.21. The molecule has 0 saturated heterocycles. The fourth-order valence-corrected chi connectivity index (χ4v) is 4.19. The fraction of sp³-hybridized carbons (Fsp3) is 0. The number of hydrogen-bond acceptors (Lipinski definition) is 2. The molecule has 5 rings (SSSR count). The highest BCUT2D eigenvalue weighted by Crippen LogP contribution is 2.50. The molecule has 4 aromatic carbocycles. The van der Waals surface area contributed by atoms with E-state index in [0.29, 0.717) is 0 Å². The summed E-state index contributed by atoms with van der Waals surface area (Å²) < 4.78 is 6.11. The Kier molecular flexibility index (Phi) is 2.49. The van der Waals surface area contributed by atoms with Crippen LogP contribution in [0.2, 0.25) is 0 Å². The van der Waals surface area contributed by atoms with Crippen molar-refractivity contribution in [2.75, 3.05) is 0 Å². The van der Waals surface area contributed by atoms with Gasteiger partial charge in [-0.2, -0.15) is 0 Å². The van der Waals surface area contributed by atoms with Crippen molar-refractivity contribution in [2.24, 2.45) is 0 Å². The van der Waals surface area contributed by atoms with E-state index in [2.05, 4.69) is 60.7 Å². The first-order valence-electron chi connectivity index (χ1n) is 7.29. The van der Waals surface area contributed by atoms with Gasteiger partial charge in [-0.25, -0.2) is 0 Å². The van der Waals surface area contributed by atoms with Gasteiger partial charge in [0.1, 0.15) is 11.5 Å². The van der Waals surface area contributed by atoms with Gasteiger partial charge < -0.3 is 4.74 Å². The molecule has 0 aromatic heterocycles. The van der Waals surface area contributed by atoms with E-state index >= 15 is 0 Å². The van der Waals surface area contributed by atoms with Crippen LogP contribution < -0.4 is 4.74 Å². The highest BCUT2D eigenvalue weighted by molar-refractivity contribution is 7.99. The topological polar surface area (TPSA) is 9.23 Å². The first kappa shape index (κ1) is 12.1. The quantitative estimate of drug-likeness (QED) is 0.313. The Morgan fingerprint density at radius 1 is 0.636 bits per heavy atom. The maximum atomic E-state index is 6.11. The molecule has 1 aliphatic rings. The van der Waals surface area contributed by atoms with Gasteiger partial charge in [-0.05, 0) is 34.4 Å². The van der Waals surface area contributed by atoms with Crippen LogP contribution in [0, 0.1) is 0 Å². The second-order valence-corrected chi connectivity index (χ2v) is 6.48. The van der Waals surface area contributed by atoms with Crippen LogP contribution >= 0.6 is 11.8 Å². The average molecular weight is 300 g/mol. The fourth-order valence-electron chi connectivity index (χ4n) is 3.07. The van der Waals surface area contributed by atoms with Crippen molar-refractivity contribution in [3.05, 3.63) is 72.8 Å². The van der Waals surface area contributed by atoms with E-state index in [1.807, 2.05) is 12.1 Å². The van der Waals surface area contributed by atoms with E-state index in [1.54, 1.807) is 11.8 Å². The van der Waals surface area contributed by atoms with Gasteiger partial charge in [0.05, 0.1) is 9.79 Å². The predicted molar refractivity (Wildman–Crippen MR) is 92.1 cm³/mol. The Hall–Kier alpha value is -2.45. The maximum absolute atomic E-state index is 6.11. The van der Waals surface area contributed by atoms with Crippen LogP contribution in [0.25, 0.3) is 21.5 Å². The summed E-state index contributed by atoms with van der Waals surface area (Å²) in [5, 5.41) is 5.10. The molecule has 104 valence electrons. The third-order valence-electron chi connectivity index (χ3n) is 4.11. The molecule has 22 heavy (non-hydrogen) atoms. The minimum atomic E-state index is 0.944. The second-order valence-electron chi connectivity index (χ2n) is 5.43. The summed E-state index contributed by atoms with van der Waals surface area (Å²) in [5.41, 5.74) is 0. The van der Waals surface area contributed by atoms with Crippen LogP contribution in [0.3, 0.4) is 0 Å². The molecule has 0 bridgehead atoms. The Morgan fingerprint density at radius 3 is 2.41 bits per heavy atom. The molecule has 0 fully saturated rings. The van der Waals surface area contributed by atoms with Crippen molar-refractivity contribution in [3.8, 4) is 11.5 Å². The van der Waals surface area contributed by atoms with Crippen molar-refractivity contribution < 1.29 is 4.74 Å². The van der Waals surface area contributed by atoms with Gasteiger partial charge in [0.2, 0.25) is 0 Å². The Labute approximate surface area is 132 Å². The largest absolute Gasteiger partial charge is 0.455 e. The van der Waals surface area contributed by atoms with Gasteiger partial charge >= 0.3 is 0 Å². The lowest BCUT2D eigenvalue weighted by atomic mass is 10.0. The minimum Gasteiger partial charge on any atom is -0.455 e. The first-order valence-corrected chi connectivity index (χ1v) is 8.11. The molecule has 0 N–H and O–H groups in total. The summed E-state index contributed by atoms with van der Waals surface area (Å²) >= 11 is 1.80. The van der Waals surface area contributed by atoms with Crippen LogP contribution in [0.1, 0.15) is 0 Å². The Bertz CT molecular complexity index is 1040. The molecule has 4 aromatic rings. The maximum Gasteiger partial charge on any atom is 0.142 e. The van der Waals surface area contributed by atoms with Crippen LogP contribution in [0.4, 0.5) is 0 Å². The van der Waals surface area contributed by atoms with Gasteiger partial charge in [0.25, 0.3) is 0 Å². The number of rotatable bonds is 0. The van der Waals surface area contributed by atoms with E-state index in [1.165, 1.54) is 31.3 Å². The van der Waals surface area contributed by atoms with Crippen molar-refractivity contribution in [3.63, 3.8) is 0 Å². The van der Waals surface area contributed by atoms with Gasteiger partial charge in [-0.1, -0.05) is 66.4 Å². The zero-order valence-corrected chi connectivity index (χ0v) is 12.6. The summed E-state index contributed by atoms with van der Waals surface area (Å²) in [7, 11) is 0. The molecular weight excluding hydrogens is 288 g/mol. The zero-order valence-electron chi connectivity index (χ0n) is 11.7. The molecule has 1 heterocycles. The smallest absolute Gasteiger partial charge is 0.142 e. The standard InChI is InChI=1S/C20H12OS/c1-2-6-15-13(5-1)9-10-14-11-12-17-20(19(14)15)22-18-8-4-3-7-16(18)21-17/h1-12H. The molecule has 0 saturated carbocycles. The molecule has 1 nitrogen and oxygen atoms in total. The SMILES string of the molecule is c1ccc2c(c1)Oc1ccc3ccc4ccccc4c3c1S2. The molecular formula is C20H12OS. The van der Waals surface area contributed by atoms with Crippen LogP contribution in [0.5, 0.6) is 11.5 Å². The van der Waals surface area contributed by atoms with Crippen molar-refractivity contribution in [2.45, 2.75) is 9.79 Å². The van der Waals surface area contributed by atoms with Crippen LogP contribution in [-0.2, 0) is 0 Å². The lowest BCUT2D eigenvalue weighted by Crippen LogP contribution is -1.95. The van der Waals surface area contributed by atoms with Crippen LogP contribution in [-0.4, -0.2) is 0 Å². The summed E-state index contributed by atoms with van der Waals surface area (Å²) in [6.45, 7) is 0. The molecule has 0 unspecified atom stereocenters. The molecule has 0 aliphatic carbocycles. The molecule has 0 amide bonds. The van der Waals surface area contributed by atoms with E-state index in [-0.39, 0.29) is 0 Å². The Balaban J connectivity index is 1.88. The average Bonchev–Trinajstić information content (AvgIpc) is 2.59. The van der Waals surface area contributed by atoms with E-state index in [9.17, 15) is 0 Å². The normalized spacial score (nSPS) is 12.7. The lowest BCUT2D eigenvalue weighted by molar-refractivity contribution is 0.456.